The van der Waals surface area contributed by atoms with E-state index in [9.17, 15) is 19.2 Å². The fraction of sp³-hybridized carbons (Fsp3) is 0.529. The van der Waals surface area contributed by atoms with E-state index in [4.69, 9.17) is 88.6 Å². The zero-order valence-electron chi connectivity index (χ0n) is 27.1. The summed E-state index contributed by atoms with van der Waals surface area (Å²) >= 11 is 37.5. The molecule has 8 nitrogen and oxygen atoms in total. The van der Waals surface area contributed by atoms with Crippen molar-refractivity contribution in [2.45, 2.75) is 54.4 Å². The quantitative estimate of drug-likeness (QED) is 0.0907. The van der Waals surface area contributed by atoms with Gasteiger partial charge in [0.1, 0.15) is 11.1 Å². The van der Waals surface area contributed by atoms with Gasteiger partial charge in [0.25, 0.3) is 0 Å². The maximum absolute atomic E-state index is 13.2. The summed E-state index contributed by atoms with van der Waals surface area (Å²) in [6, 6.07) is 2.26. The van der Waals surface area contributed by atoms with E-state index in [-0.39, 0.29) is 55.2 Å². The third-order valence-electron chi connectivity index (χ3n) is 9.13. The van der Waals surface area contributed by atoms with E-state index in [0.29, 0.717) is 35.5 Å². The number of carbonyl (C=O) groups excluding carboxylic acids is 4. The number of rotatable bonds is 12. The Bertz CT molecular complexity index is 1490. The molecule has 14 heteroatoms. The molecule has 262 valence electrons. The fourth-order valence-corrected chi connectivity index (χ4v) is 7.55. The highest BCUT2D eigenvalue weighted by Crippen LogP contribution is 2.50. The molecule has 6 atom stereocenters. The highest BCUT2D eigenvalue weighted by molar-refractivity contribution is 6.47. The predicted octanol–water partition coefficient (Wildman–Crippen LogP) is 10.3. The van der Waals surface area contributed by atoms with Gasteiger partial charge in [-0.25, -0.2) is 19.2 Å². The number of hydrogen-bond donors (Lipinski definition) is 0. The van der Waals surface area contributed by atoms with Crippen LogP contribution in [0, 0.1) is 47.3 Å². The third-order valence-corrected chi connectivity index (χ3v) is 11.3. The molecule has 0 bridgehead atoms. The second-order valence-corrected chi connectivity index (χ2v) is 15.6. The maximum Gasteiger partial charge on any atom is 0.423 e. The van der Waals surface area contributed by atoms with Gasteiger partial charge in [-0.3, -0.25) is 0 Å². The Morgan fingerprint density at radius 1 is 0.583 bits per heavy atom. The Morgan fingerprint density at radius 2 is 0.917 bits per heavy atom. The summed E-state index contributed by atoms with van der Waals surface area (Å²) in [7, 11) is 0. The van der Waals surface area contributed by atoms with Crippen LogP contribution < -0.4 is 9.47 Å². The van der Waals surface area contributed by atoms with Crippen molar-refractivity contribution < 1.29 is 38.1 Å². The largest absolute Gasteiger partial charge is 0.462 e. The van der Waals surface area contributed by atoms with E-state index >= 15 is 0 Å². The van der Waals surface area contributed by atoms with Crippen molar-refractivity contribution in [3.8, 4) is 11.5 Å². The van der Waals surface area contributed by atoms with E-state index < -0.39 is 46.5 Å². The monoisotopic (exact) mass is 782 g/mol. The van der Waals surface area contributed by atoms with E-state index in [2.05, 4.69) is 27.7 Å². The minimum atomic E-state index is -1.64. The van der Waals surface area contributed by atoms with Crippen molar-refractivity contribution in [1.29, 1.82) is 0 Å². The Labute approximate surface area is 309 Å². The highest BCUT2D eigenvalue weighted by atomic mass is 35.5. The van der Waals surface area contributed by atoms with E-state index in [1.54, 1.807) is 0 Å². The van der Waals surface area contributed by atoms with Gasteiger partial charge in [-0.15, -0.1) is 0 Å². The zero-order valence-corrected chi connectivity index (χ0v) is 31.7. The molecule has 2 aliphatic carbocycles. The van der Waals surface area contributed by atoms with Crippen molar-refractivity contribution in [1.82, 2.24) is 0 Å². The standard InChI is InChI=1S/C34H36Cl6O8/c1-13(2)17-7-19(17)15(5)11-45-31(41)25-27(39)21(35)9-23(37)29(25)47-33(43)34(44)48-30-24(38)10-22(36)28(40)26(30)32(42)46-12-16(6)20-8-18(20)14(3)4/h9-10,13-20H,7-8,11-12H2,1-6H3. The molecule has 4 rings (SSSR count). The molecule has 2 fully saturated rings. The first kappa shape index (κ1) is 38.9. The van der Waals surface area contributed by atoms with Crippen molar-refractivity contribution in [3.63, 3.8) is 0 Å². The Morgan fingerprint density at radius 3 is 1.21 bits per heavy atom. The number of esters is 4. The van der Waals surface area contributed by atoms with E-state index in [1.807, 2.05) is 13.8 Å². The Hall–Kier alpha value is -1.94. The third kappa shape index (κ3) is 8.85. The molecule has 2 aliphatic rings. The molecule has 0 heterocycles. The molecule has 0 spiro atoms. The molecule has 48 heavy (non-hydrogen) atoms. The molecule has 0 aromatic heterocycles. The van der Waals surface area contributed by atoms with E-state index in [1.165, 1.54) is 0 Å². The smallest absolute Gasteiger partial charge is 0.423 e. The molecule has 0 amide bonds. The van der Waals surface area contributed by atoms with E-state index in [0.717, 1.165) is 25.0 Å². The zero-order chi connectivity index (χ0) is 35.8. The van der Waals surface area contributed by atoms with Gasteiger partial charge in [0.05, 0.1) is 43.3 Å². The molecule has 2 aromatic carbocycles. The second kappa shape index (κ2) is 15.9. The summed E-state index contributed by atoms with van der Waals surface area (Å²) < 4.78 is 21.4. The van der Waals surface area contributed by atoms with Crippen LogP contribution in [0.3, 0.4) is 0 Å². The minimum Gasteiger partial charge on any atom is -0.462 e. The second-order valence-electron chi connectivity index (χ2n) is 13.3. The van der Waals surface area contributed by atoms with Gasteiger partial charge in [-0.1, -0.05) is 111 Å². The molecule has 2 saturated carbocycles. The summed E-state index contributed by atoms with van der Waals surface area (Å²) in [5.41, 5.74) is -0.917. The average Bonchev–Trinajstić information content (AvgIpc) is 3.93. The average molecular weight is 785 g/mol. The van der Waals surface area contributed by atoms with Gasteiger partial charge in [-0.2, -0.15) is 0 Å². The van der Waals surface area contributed by atoms with Crippen LogP contribution in [0.4, 0.5) is 0 Å². The van der Waals surface area contributed by atoms with Gasteiger partial charge in [0.2, 0.25) is 0 Å². The normalized spacial score (nSPS) is 21.0. The number of ether oxygens (including phenoxy) is 4. The topological polar surface area (TPSA) is 105 Å². The van der Waals surface area contributed by atoms with Crippen molar-refractivity contribution in [3.05, 3.63) is 53.4 Å². The van der Waals surface area contributed by atoms with Crippen LogP contribution in [0.2, 0.25) is 30.1 Å². The van der Waals surface area contributed by atoms with Gasteiger partial charge >= 0.3 is 23.9 Å². The molecule has 0 saturated heterocycles. The van der Waals surface area contributed by atoms with Gasteiger partial charge in [-0.05, 0) is 72.3 Å². The van der Waals surface area contributed by atoms with Gasteiger partial charge in [0.15, 0.2) is 11.5 Å². The summed E-state index contributed by atoms with van der Waals surface area (Å²) in [4.78, 5) is 52.5. The van der Waals surface area contributed by atoms with Gasteiger partial charge < -0.3 is 18.9 Å². The minimum absolute atomic E-state index is 0.0569. The number of halogens is 6. The van der Waals surface area contributed by atoms with Crippen LogP contribution in [-0.2, 0) is 19.1 Å². The van der Waals surface area contributed by atoms with Crippen LogP contribution in [-0.4, -0.2) is 37.1 Å². The lowest BCUT2D eigenvalue weighted by atomic mass is 10.0. The van der Waals surface area contributed by atoms with Crippen LogP contribution in [0.15, 0.2) is 12.1 Å². The van der Waals surface area contributed by atoms with Crippen LogP contribution >= 0.6 is 69.6 Å². The van der Waals surface area contributed by atoms with Crippen molar-refractivity contribution in [2.24, 2.45) is 47.3 Å². The van der Waals surface area contributed by atoms with Crippen LogP contribution in [0.1, 0.15) is 75.1 Å². The lowest BCUT2D eigenvalue weighted by molar-refractivity contribution is -0.156. The lowest BCUT2D eigenvalue weighted by Gasteiger charge is -2.17. The fourth-order valence-electron chi connectivity index (χ4n) is 6.11. The van der Waals surface area contributed by atoms with Crippen LogP contribution in [0.5, 0.6) is 11.5 Å². The number of carbonyl (C=O) groups is 4. The molecule has 0 N–H and O–H groups in total. The predicted molar refractivity (Wildman–Crippen MR) is 186 cm³/mol. The number of benzene rings is 2. The molecular weight excluding hydrogens is 749 g/mol. The Balaban J connectivity index is 1.50. The molecule has 6 unspecified atom stereocenters. The van der Waals surface area contributed by atoms with Crippen molar-refractivity contribution >= 4 is 93.5 Å². The summed E-state index contributed by atoms with van der Waals surface area (Å²) in [6.07, 6.45) is 2.07. The Kier molecular flexibility index (Phi) is 12.9. The number of hydrogen-bond acceptors (Lipinski definition) is 8. The first-order valence-corrected chi connectivity index (χ1v) is 17.8. The first-order valence-electron chi connectivity index (χ1n) is 15.6. The lowest BCUT2D eigenvalue weighted by Crippen LogP contribution is -2.27. The molecular formula is C34H36Cl6O8. The maximum atomic E-state index is 13.2. The molecule has 0 aliphatic heterocycles. The first-order chi connectivity index (χ1) is 22.4. The SMILES string of the molecule is CC(C)C1CC1C(C)COC(=O)c1c(Cl)c(Cl)cc(Cl)c1OC(=O)C(=O)Oc1c(Cl)cc(Cl)c(Cl)c1C(=O)OCC(C)C1CC1C(C)C. The molecule has 2 aromatic rings. The molecule has 0 radical (unpaired) electrons. The summed E-state index contributed by atoms with van der Waals surface area (Å²) in [5.74, 6) is -3.35. The van der Waals surface area contributed by atoms with Crippen LogP contribution in [0.25, 0.3) is 0 Å². The van der Waals surface area contributed by atoms with Gasteiger partial charge in [0, 0.05) is 0 Å². The summed E-state index contributed by atoms with van der Waals surface area (Å²) in [5, 5.41) is -1.47. The summed E-state index contributed by atoms with van der Waals surface area (Å²) in [6.45, 7) is 12.6. The highest BCUT2D eigenvalue weighted by Gasteiger charge is 2.44. The van der Waals surface area contributed by atoms with Crippen molar-refractivity contribution in [2.75, 3.05) is 13.2 Å².